The fraction of sp³-hybridized carbons (Fsp3) is 0.667. The molecule has 0 heterocycles. The van der Waals surface area contributed by atoms with E-state index in [1.54, 1.807) is 0 Å². The monoisotopic (exact) mass is 210 g/mol. The molecule has 6 nitrogen and oxygen atoms in total. The third-order valence-corrected chi connectivity index (χ3v) is 1.37. The Morgan fingerprint density at radius 1 is 1.57 bits per heavy atom. The topological polar surface area (TPSA) is 132 Å². The quantitative estimate of drug-likeness (QED) is 0.323. The van der Waals surface area contributed by atoms with E-state index in [9.17, 15) is 18.7 Å². The molecule has 0 amide bonds. The van der Waals surface area contributed by atoms with Crippen molar-refractivity contribution in [2.24, 2.45) is 16.5 Å². The molecule has 0 radical (unpaired) electrons. The summed E-state index contributed by atoms with van der Waals surface area (Å²) in [4.78, 5) is 13.2. The number of nitrogens with two attached hydrogens (primary N) is 2. The number of rotatable bonds is 5. The van der Waals surface area contributed by atoms with Gasteiger partial charge in [0.25, 0.3) is 5.92 Å². The van der Waals surface area contributed by atoms with Gasteiger partial charge < -0.3 is 27.1 Å². The smallest absolute Gasteiger partial charge is 0.273 e. The predicted octanol–water partition coefficient (Wildman–Crippen LogP) is -3.35. The molecular weight excluding hydrogens is 198 g/mol. The normalized spacial score (nSPS) is 13.4. The van der Waals surface area contributed by atoms with Crippen molar-refractivity contribution in [3.8, 4) is 0 Å². The van der Waals surface area contributed by atoms with E-state index in [1.165, 1.54) is 0 Å². The van der Waals surface area contributed by atoms with Crippen molar-refractivity contribution in [3.05, 3.63) is 0 Å². The molecule has 0 aromatic carbocycles. The number of aliphatic imine (C=N–C) groups is 1. The van der Waals surface area contributed by atoms with Crippen LogP contribution in [0.4, 0.5) is 8.78 Å². The van der Waals surface area contributed by atoms with Crippen LogP contribution in [-0.2, 0) is 4.79 Å². The molecule has 0 saturated heterocycles. The van der Waals surface area contributed by atoms with Gasteiger partial charge in [-0.3, -0.25) is 0 Å². The van der Waals surface area contributed by atoms with Crippen LogP contribution in [-0.4, -0.2) is 30.4 Å². The molecule has 14 heavy (non-hydrogen) atoms. The van der Waals surface area contributed by atoms with E-state index in [1.807, 2.05) is 0 Å². The summed E-state index contributed by atoms with van der Waals surface area (Å²) in [5.41, 5.74) is 12.7. The van der Waals surface area contributed by atoms with Crippen LogP contribution in [0, 0.1) is 0 Å². The van der Waals surface area contributed by atoms with Gasteiger partial charge in [-0.2, -0.15) is 0 Å². The van der Waals surface area contributed by atoms with E-state index < -0.39 is 36.9 Å². The Kier molecular flexibility index (Phi) is 4.22. The van der Waals surface area contributed by atoms with Crippen molar-refractivity contribution >= 4 is 11.9 Å². The number of aliphatic carboxylic acids is 1. The molecule has 0 rings (SSSR count). The first kappa shape index (κ1) is 12.6. The molecule has 0 aliphatic heterocycles. The molecule has 7 N–H and O–H groups in total. The second-order valence-corrected chi connectivity index (χ2v) is 2.82. The van der Waals surface area contributed by atoms with Crippen molar-refractivity contribution in [1.82, 2.24) is 0 Å². The molecule has 1 atom stereocenters. The van der Waals surface area contributed by atoms with Gasteiger partial charge in [-0.25, -0.2) is 13.8 Å². The van der Waals surface area contributed by atoms with E-state index >= 15 is 0 Å². The summed E-state index contributed by atoms with van der Waals surface area (Å²) in [5.74, 6) is -5.40. The van der Waals surface area contributed by atoms with Gasteiger partial charge in [0.1, 0.15) is 12.6 Å². The lowest BCUT2D eigenvalue weighted by atomic mass is 10.1. The Labute approximate surface area is 78.8 Å². The van der Waals surface area contributed by atoms with E-state index in [-0.39, 0.29) is 0 Å². The fourth-order valence-electron chi connectivity index (χ4n) is 0.715. The second kappa shape index (κ2) is 4.70. The number of carbonyl (C=O) groups is 1. The van der Waals surface area contributed by atoms with E-state index in [0.717, 1.165) is 0 Å². The van der Waals surface area contributed by atoms with Gasteiger partial charge in [-0.1, -0.05) is 0 Å². The average Bonchev–Trinajstić information content (AvgIpc) is 2.00. The second-order valence-electron chi connectivity index (χ2n) is 2.82. The zero-order valence-corrected chi connectivity index (χ0v) is 7.37. The van der Waals surface area contributed by atoms with E-state index in [2.05, 4.69) is 10.7 Å². The van der Waals surface area contributed by atoms with Gasteiger partial charge in [0.05, 0.1) is 12.4 Å². The first-order valence-electron chi connectivity index (χ1n) is 3.72. The van der Waals surface area contributed by atoms with Gasteiger partial charge in [-0.05, 0) is 0 Å². The molecule has 0 spiro atoms. The van der Waals surface area contributed by atoms with Gasteiger partial charge in [0.2, 0.25) is 0 Å². The zero-order valence-electron chi connectivity index (χ0n) is 7.37. The fourth-order valence-corrected chi connectivity index (χ4v) is 0.715. The summed E-state index contributed by atoms with van der Waals surface area (Å²) < 4.78 is 25.7. The van der Waals surface area contributed by atoms with Gasteiger partial charge in [-0.15, -0.1) is 0 Å². The van der Waals surface area contributed by atoms with Crippen molar-refractivity contribution in [2.45, 2.75) is 18.4 Å². The molecule has 0 aromatic heterocycles. The lowest BCUT2D eigenvalue weighted by Crippen LogP contribution is -2.69. The number of halogens is 2. The van der Waals surface area contributed by atoms with Crippen molar-refractivity contribution in [1.29, 1.82) is 0 Å². The number of guanidine groups is 1. The van der Waals surface area contributed by atoms with Crippen molar-refractivity contribution in [3.63, 3.8) is 0 Å². The predicted molar refractivity (Wildman–Crippen MR) is 41.9 cm³/mol. The number of quaternary nitrogens is 1. The van der Waals surface area contributed by atoms with Gasteiger partial charge in [0, 0.05) is 0 Å². The first-order chi connectivity index (χ1) is 6.24. The highest BCUT2D eigenvalue weighted by atomic mass is 19.3. The highest BCUT2D eigenvalue weighted by Gasteiger charge is 2.33. The van der Waals surface area contributed by atoms with Crippen molar-refractivity contribution in [2.75, 3.05) is 6.54 Å². The molecule has 0 aliphatic rings. The summed E-state index contributed by atoms with van der Waals surface area (Å²) in [5, 5.41) is 10.1. The summed E-state index contributed by atoms with van der Waals surface area (Å²) >= 11 is 0. The summed E-state index contributed by atoms with van der Waals surface area (Å²) in [7, 11) is 0. The molecule has 82 valence electrons. The molecular formula is C6H12F2N4O2. The first-order valence-corrected chi connectivity index (χ1v) is 3.72. The number of carbonyl (C=O) groups excluding carboxylic acids is 1. The van der Waals surface area contributed by atoms with Crippen LogP contribution in [0.25, 0.3) is 0 Å². The number of alkyl halides is 2. The number of hydrogen-bond donors (Lipinski definition) is 3. The van der Waals surface area contributed by atoms with Crippen molar-refractivity contribution < 1.29 is 24.4 Å². The summed E-state index contributed by atoms with van der Waals surface area (Å²) in [6.45, 7) is -0.950. The molecule has 0 bridgehead atoms. The number of hydrogen-bond acceptors (Lipinski definition) is 3. The van der Waals surface area contributed by atoms with Gasteiger partial charge in [0.15, 0.2) is 5.96 Å². The molecule has 0 unspecified atom stereocenters. The van der Waals surface area contributed by atoms with Crippen LogP contribution in [0.15, 0.2) is 4.99 Å². The third kappa shape index (κ3) is 5.25. The van der Waals surface area contributed by atoms with Crippen LogP contribution in [0.2, 0.25) is 0 Å². The van der Waals surface area contributed by atoms with E-state index in [0.29, 0.717) is 0 Å². The Balaban J connectivity index is 4.20. The van der Waals surface area contributed by atoms with Crippen LogP contribution in [0.1, 0.15) is 6.42 Å². The lowest BCUT2D eigenvalue weighted by Gasteiger charge is -2.17. The largest absolute Gasteiger partial charge is 0.544 e. The summed E-state index contributed by atoms with van der Waals surface area (Å²) in [6.07, 6.45) is -0.952. The van der Waals surface area contributed by atoms with Crippen LogP contribution in [0.3, 0.4) is 0 Å². The highest BCUT2D eigenvalue weighted by molar-refractivity contribution is 5.75. The Bertz CT molecular complexity index is 240. The lowest BCUT2D eigenvalue weighted by molar-refractivity contribution is -0.443. The maximum absolute atomic E-state index is 12.8. The minimum absolute atomic E-state index is 0.473. The van der Waals surface area contributed by atoms with Crippen LogP contribution in [0.5, 0.6) is 0 Å². The zero-order chi connectivity index (χ0) is 11.4. The molecule has 0 fully saturated rings. The Morgan fingerprint density at radius 3 is 2.43 bits per heavy atom. The van der Waals surface area contributed by atoms with E-state index in [4.69, 9.17) is 11.5 Å². The minimum atomic E-state index is -3.30. The SMILES string of the molecule is NC(N)=NCC(F)(F)C[C@H]([NH3+])C(=O)[O-]. The highest BCUT2D eigenvalue weighted by Crippen LogP contribution is 2.19. The minimum Gasteiger partial charge on any atom is -0.544 e. The van der Waals surface area contributed by atoms with Crippen LogP contribution >= 0.6 is 0 Å². The third-order valence-electron chi connectivity index (χ3n) is 1.37. The number of carboxylic acid groups (broad SMARTS) is 1. The Morgan fingerprint density at radius 2 is 2.07 bits per heavy atom. The van der Waals surface area contributed by atoms with Gasteiger partial charge >= 0.3 is 0 Å². The van der Waals surface area contributed by atoms with Crippen LogP contribution < -0.4 is 22.3 Å². The molecule has 8 heteroatoms. The maximum Gasteiger partial charge on any atom is 0.273 e. The Hall–Kier alpha value is -1.44. The molecule has 0 aliphatic carbocycles. The number of carboxylic acids is 1. The maximum atomic E-state index is 12.8. The number of nitrogens with zero attached hydrogens (tertiary/aromatic N) is 1. The molecule has 0 saturated carbocycles. The summed E-state index contributed by atoms with van der Waals surface area (Å²) in [6, 6.07) is -1.49. The molecule has 0 aromatic rings. The average molecular weight is 210 g/mol. The standard InChI is InChI=1S/C6H12F2N4O2/c7-6(8,2-12-5(10)11)1-3(9)4(13)14/h3H,1-2,9H2,(H,13,14)(H4,10,11,12)/t3-/m0/s1.